The first-order valence-corrected chi connectivity index (χ1v) is 8.25. The van der Waals surface area contributed by atoms with Crippen molar-refractivity contribution < 1.29 is 18.7 Å². The van der Waals surface area contributed by atoms with E-state index in [-0.39, 0.29) is 24.7 Å². The summed E-state index contributed by atoms with van der Waals surface area (Å²) in [5.41, 5.74) is 2.64. The number of anilines is 1. The van der Waals surface area contributed by atoms with Gasteiger partial charge in [-0.3, -0.25) is 9.69 Å². The van der Waals surface area contributed by atoms with Crippen molar-refractivity contribution in [2.45, 2.75) is 13.0 Å². The molecular weight excluding hydrogens is 363 g/mol. The van der Waals surface area contributed by atoms with Crippen LogP contribution in [0.3, 0.4) is 0 Å². The monoisotopic (exact) mass is 378 g/mol. The molecule has 3 rings (SSSR count). The second kappa shape index (κ2) is 7.57. The van der Waals surface area contributed by atoms with E-state index < -0.39 is 18.0 Å². The number of nitrogens with zero attached hydrogens (tertiary/aromatic N) is 3. The molecule has 2 aromatic rings. The third-order valence-corrected chi connectivity index (χ3v) is 3.94. The number of aromatic nitrogens is 2. The second-order valence-electron chi connectivity index (χ2n) is 5.69. The highest BCUT2D eigenvalue weighted by molar-refractivity contribution is 6.27. The summed E-state index contributed by atoms with van der Waals surface area (Å²) in [6, 6.07) is 4.48. The molecule has 1 aromatic carbocycles. The molecule has 0 spiro atoms. The van der Waals surface area contributed by atoms with Crippen molar-refractivity contribution in [2.75, 3.05) is 18.0 Å². The molecule has 0 saturated carbocycles. The summed E-state index contributed by atoms with van der Waals surface area (Å²) in [6.45, 7) is 1.71. The molecule has 2 heterocycles. The number of amides is 2. The minimum absolute atomic E-state index is 0.116. The van der Waals surface area contributed by atoms with Gasteiger partial charge in [0, 0.05) is 30.4 Å². The second-order valence-corrected chi connectivity index (χ2v) is 5.94. The fourth-order valence-electron chi connectivity index (χ4n) is 2.59. The van der Waals surface area contributed by atoms with E-state index in [4.69, 9.17) is 16.3 Å². The van der Waals surface area contributed by atoms with Crippen LogP contribution in [0.5, 0.6) is 0 Å². The number of hydrogen-bond donors (Lipinski definition) is 1. The summed E-state index contributed by atoms with van der Waals surface area (Å²) in [5, 5.41) is 2.58. The lowest BCUT2D eigenvalue weighted by Crippen LogP contribution is -2.33. The molecule has 1 aliphatic heterocycles. The van der Waals surface area contributed by atoms with Crippen molar-refractivity contribution in [3.63, 3.8) is 0 Å². The highest BCUT2D eigenvalue weighted by Gasteiger charge is 2.33. The van der Waals surface area contributed by atoms with Crippen molar-refractivity contribution in [3.8, 4) is 5.69 Å². The fourth-order valence-corrected chi connectivity index (χ4v) is 2.72. The predicted octanol–water partition coefficient (Wildman–Crippen LogP) is 2.68. The number of hydrogen-bond acceptors (Lipinski definition) is 4. The largest absolute Gasteiger partial charge is 0.442 e. The first-order valence-electron chi connectivity index (χ1n) is 7.81. The Morgan fingerprint density at radius 1 is 1.54 bits per heavy atom. The quantitative estimate of drug-likeness (QED) is 0.867. The molecule has 1 N–H and O–H groups in total. The van der Waals surface area contributed by atoms with Gasteiger partial charge in [-0.1, -0.05) is 11.6 Å². The average Bonchev–Trinajstić information content (AvgIpc) is 3.20. The maximum atomic E-state index is 14.6. The van der Waals surface area contributed by atoms with E-state index in [1.54, 1.807) is 22.9 Å². The van der Waals surface area contributed by atoms with Crippen LogP contribution in [0.15, 0.2) is 36.3 Å². The van der Waals surface area contributed by atoms with Crippen LogP contribution in [-0.2, 0) is 9.53 Å². The summed E-state index contributed by atoms with van der Waals surface area (Å²) in [4.78, 5) is 28.3. The van der Waals surface area contributed by atoms with Gasteiger partial charge in [-0.15, -0.1) is 0 Å². The molecule has 136 valence electrons. The van der Waals surface area contributed by atoms with Crippen molar-refractivity contribution in [2.24, 2.45) is 0 Å². The lowest BCUT2D eigenvalue weighted by Gasteiger charge is -2.15. The van der Waals surface area contributed by atoms with Crippen LogP contribution >= 0.6 is 11.6 Å². The van der Waals surface area contributed by atoms with Crippen molar-refractivity contribution >= 4 is 35.4 Å². The van der Waals surface area contributed by atoms with Gasteiger partial charge in [0.25, 0.3) is 0 Å². The van der Waals surface area contributed by atoms with Crippen LogP contribution in [0, 0.1) is 5.82 Å². The van der Waals surface area contributed by atoms with Crippen LogP contribution in [0.25, 0.3) is 11.8 Å². The molecule has 0 bridgehead atoms. The minimum Gasteiger partial charge on any atom is -0.442 e. The third kappa shape index (κ3) is 3.85. The standard InChI is InChI=1S/C17H16ClFN4O3/c1-11(24)20-7-14-9-23(17(25)26-14)16-3-2-13(6-15(16)19)22-8-12(4-5-18)21-10-22/h2-6,8,10,14H,7,9H2,1H3,(H,20,24)/t14-/m0/s1. The van der Waals surface area contributed by atoms with Crippen LogP contribution in [0.4, 0.5) is 14.9 Å². The van der Waals surface area contributed by atoms with Crippen LogP contribution in [0.1, 0.15) is 12.6 Å². The molecular formula is C17H16ClFN4O3. The highest BCUT2D eigenvalue weighted by Crippen LogP contribution is 2.26. The first kappa shape index (κ1) is 17.9. The zero-order chi connectivity index (χ0) is 18.7. The molecule has 1 aromatic heterocycles. The number of nitrogens with one attached hydrogen (secondary N) is 1. The normalized spacial score (nSPS) is 17.0. The summed E-state index contributed by atoms with van der Waals surface area (Å²) in [5.74, 6) is -0.790. The molecule has 9 heteroatoms. The van der Waals surface area contributed by atoms with E-state index in [1.165, 1.54) is 35.8 Å². The number of benzene rings is 1. The van der Waals surface area contributed by atoms with E-state index in [0.29, 0.717) is 11.4 Å². The smallest absolute Gasteiger partial charge is 0.414 e. The van der Waals surface area contributed by atoms with E-state index in [9.17, 15) is 14.0 Å². The molecule has 1 saturated heterocycles. The SMILES string of the molecule is CC(=O)NC[C@H]1CN(c2ccc(-n3cnc(C=CCl)c3)cc2F)C(=O)O1. The van der Waals surface area contributed by atoms with Gasteiger partial charge in [0.15, 0.2) is 0 Å². The maximum absolute atomic E-state index is 14.6. The van der Waals surface area contributed by atoms with Gasteiger partial charge in [-0.2, -0.15) is 0 Å². The Bertz CT molecular complexity index is 867. The Balaban J connectivity index is 1.77. The molecule has 1 aliphatic rings. The summed E-state index contributed by atoms with van der Waals surface area (Å²) >= 11 is 5.51. The topological polar surface area (TPSA) is 76.5 Å². The molecule has 0 radical (unpaired) electrons. The Morgan fingerprint density at radius 3 is 3.04 bits per heavy atom. The Hall–Kier alpha value is -2.87. The summed E-state index contributed by atoms with van der Waals surface area (Å²) < 4.78 is 21.4. The summed E-state index contributed by atoms with van der Waals surface area (Å²) in [7, 11) is 0. The number of halogens is 2. The molecule has 0 aliphatic carbocycles. The van der Waals surface area contributed by atoms with E-state index in [1.807, 2.05) is 0 Å². The number of imidazole rings is 1. The maximum Gasteiger partial charge on any atom is 0.414 e. The number of carbonyl (C=O) groups excluding carboxylic acids is 2. The molecule has 1 fully saturated rings. The van der Waals surface area contributed by atoms with Gasteiger partial charge in [-0.05, 0) is 18.2 Å². The molecule has 2 amide bonds. The Labute approximate surface area is 154 Å². The van der Waals surface area contributed by atoms with Crippen molar-refractivity contribution in [1.29, 1.82) is 0 Å². The highest BCUT2D eigenvalue weighted by atomic mass is 35.5. The van der Waals surface area contributed by atoms with Crippen molar-refractivity contribution in [3.05, 3.63) is 47.8 Å². The third-order valence-electron chi connectivity index (χ3n) is 3.81. The van der Waals surface area contributed by atoms with Gasteiger partial charge < -0.3 is 14.6 Å². The molecule has 1 atom stereocenters. The molecule has 7 nitrogen and oxygen atoms in total. The lowest BCUT2D eigenvalue weighted by molar-refractivity contribution is -0.119. The van der Waals surface area contributed by atoms with Gasteiger partial charge in [0.1, 0.15) is 11.9 Å². The number of cyclic esters (lactones) is 1. The Kier molecular flexibility index (Phi) is 5.22. The molecule has 26 heavy (non-hydrogen) atoms. The van der Waals surface area contributed by atoms with Crippen LogP contribution < -0.4 is 10.2 Å². The van der Waals surface area contributed by atoms with Gasteiger partial charge in [-0.25, -0.2) is 14.2 Å². The summed E-state index contributed by atoms with van der Waals surface area (Å²) in [6.07, 6.45) is 3.67. The van der Waals surface area contributed by atoms with Crippen LogP contribution in [-0.4, -0.2) is 40.7 Å². The molecule has 0 unspecified atom stereocenters. The lowest BCUT2D eigenvalue weighted by atomic mass is 10.2. The predicted molar refractivity (Wildman–Crippen MR) is 94.7 cm³/mol. The Morgan fingerprint density at radius 2 is 2.35 bits per heavy atom. The van der Waals surface area contributed by atoms with Gasteiger partial charge in [0.05, 0.1) is 30.8 Å². The van der Waals surface area contributed by atoms with E-state index >= 15 is 0 Å². The zero-order valence-electron chi connectivity index (χ0n) is 13.9. The average molecular weight is 379 g/mol. The fraction of sp³-hybridized carbons (Fsp3) is 0.235. The zero-order valence-corrected chi connectivity index (χ0v) is 14.6. The number of rotatable bonds is 5. The van der Waals surface area contributed by atoms with E-state index in [0.717, 1.165) is 0 Å². The van der Waals surface area contributed by atoms with Crippen molar-refractivity contribution in [1.82, 2.24) is 14.9 Å². The van der Waals surface area contributed by atoms with E-state index in [2.05, 4.69) is 10.3 Å². The van der Waals surface area contributed by atoms with Crippen LogP contribution in [0.2, 0.25) is 0 Å². The number of carbonyl (C=O) groups is 2. The first-order chi connectivity index (χ1) is 12.5. The van der Waals surface area contributed by atoms with Gasteiger partial charge in [0.2, 0.25) is 5.91 Å². The number of ether oxygens (including phenoxy) is 1. The minimum atomic E-state index is -0.649. The van der Waals surface area contributed by atoms with Gasteiger partial charge >= 0.3 is 6.09 Å².